The van der Waals surface area contributed by atoms with Gasteiger partial charge in [-0.1, -0.05) is 35.2 Å². The molecule has 34 heavy (non-hydrogen) atoms. The van der Waals surface area contributed by atoms with Gasteiger partial charge in [0.05, 0.1) is 17.9 Å². The first-order chi connectivity index (χ1) is 16.8. The Labute approximate surface area is 203 Å². The summed E-state index contributed by atoms with van der Waals surface area (Å²) in [5.41, 5.74) is 0.437. The van der Waals surface area contributed by atoms with Crippen LogP contribution in [0.3, 0.4) is 0 Å². The fraction of sp³-hybridized carbons (Fsp3) is 0.643. The van der Waals surface area contributed by atoms with E-state index in [2.05, 4.69) is 44.1 Å². The van der Waals surface area contributed by atoms with Crippen LogP contribution in [0.25, 0.3) is 6.08 Å². The van der Waals surface area contributed by atoms with Crippen LogP contribution in [0.5, 0.6) is 0 Å². The highest BCUT2D eigenvalue weighted by molar-refractivity contribution is 5.44. The molecule has 0 bridgehead atoms. The van der Waals surface area contributed by atoms with E-state index in [-0.39, 0.29) is 5.54 Å². The summed E-state index contributed by atoms with van der Waals surface area (Å²) in [6, 6.07) is 3.75. The molecule has 0 amide bonds. The molecule has 0 spiro atoms. The van der Waals surface area contributed by atoms with Crippen molar-refractivity contribution < 1.29 is 9.05 Å². The molecule has 6 heterocycles. The largest absolute Gasteiger partial charge is 0.357 e. The van der Waals surface area contributed by atoms with Gasteiger partial charge in [0.15, 0.2) is 5.76 Å². The van der Waals surface area contributed by atoms with E-state index in [9.17, 15) is 0 Å². The average Bonchev–Trinajstić information content (AvgIpc) is 3.61. The molecule has 6 heteroatoms. The maximum atomic E-state index is 5.15. The summed E-state index contributed by atoms with van der Waals surface area (Å²) >= 11 is 0. The molecule has 0 aliphatic carbocycles. The summed E-state index contributed by atoms with van der Waals surface area (Å²) in [7, 11) is 0. The lowest BCUT2D eigenvalue weighted by Crippen LogP contribution is -2.53. The maximum Gasteiger partial charge on any atom is 0.209 e. The zero-order chi connectivity index (χ0) is 23.1. The van der Waals surface area contributed by atoms with Crippen LogP contribution >= 0.6 is 0 Å². The maximum absolute atomic E-state index is 5.15. The van der Waals surface area contributed by atoms with Gasteiger partial charge >= 0.3 is 0 Å². The molecule has 182 valence electrons. The van der Waals surface area contributed by atoms with Crippen LogP contribution in [0.4, 0.5) is 0 Å². The molecule has 0 N–H and O–H groups in total. The molecule has 2 aromatic rings. The van der Waals surface area contributed by atoms with E-state index < -0.39 is 0 Å². The Bertz CT molecular complexity index is 946. The van der Waals surface area contributed by atoms with Crippen molar-refractivity contribution in [2.24, 2.45) is 0 Å². The Kier molecular flexibility index (Phi) is 7.51. The molecule has 4 saturated heterocycles. The smallest absolute Gasteiger partial charge is 0.209 e. The van der Waals surface area contributed by atoms with E-state index in [1.807, 2.05) is 12.1 Å². The second-order valence-corrected chi connectivity index (χ2v) is 10.3. The number of nitrogens with zero attached hydrogens (tertiary/aromatic N) is 4. The lowest BCUT2D eigenvalue weighted by molar-refractivity contribution is 0.0499. The second kappa shape index (κ2) is 10.9. The van der Waals surface area contributed by atoms with Gasteiger partial charge in [-0.3, -0.25) is 9.80 Å². The first-order valence-corrected chi connectivity index (χ1v) is 13.3. The van der Waals surface area contributed by atoms with E-state index in [0.717, 1.165) is 5.76 Å². The number of piperidine rings is 4. The first-order valence-electron chi connectivity index (χ1n) is 13.3. The fourth-order valence-corrected chi connectivity index (χ4v) is 6.37. The van der Waals surface area contributed by atoms with Crippen LogP contribution in [0, 0.1) is 11.8 Å². The predicted octanol–water partition coefficient (Wildman–Crippen LogP) is 5.53. The number of fused-ring (bicyclic) bond motifs is 2. The fourth-order valence-electron chi connectivity index (χ4n) is 6.37. The number of rotatable bonds is 2. The molecule has 6 nitrogen and oxygen atoms in total. The zero-order valence-corrected chi connectivity index (χ0v) is 20.4. The Balaban J connectivity index is 0.000000142. The summed E-state index contributed by atoms with van der Waals surface area (Å²) in [6.07, 6.45) is 23.6. The minimum atomic E-state index is 0.128. The zero-order valence-electron chi connectivity index (χ0n) is 20.4. The van der Waals surface area contributed by atoms with E-state index in [1.54, 1.807) is 12.4 Å². The van der Waals surface area contributed by atoms with Gasteiger partial charge in [-0.15, -0.1) is 0 Å². The normalized spacial score (nSPS) is 24.2. The molecule has 0 radical (unpaired) electrons. The third-order valence-corrected chi connectivity index (χ3v) is 8.22. The Morgan fingerprint density at radius 3 is 1.97 bits per heavy atom. The van der Waals surface area contributed by atoms with Gasteiger partial charge in [-0.05, 0) is 102 Å². The van der Waals surface area contributed by atoms with Crippen molar-refractivity contribution in [3.8, 4) is 11.8 Å². The molecule has 0 aromatic carbocycles. The van der Waals surface area contributed by atoms with Gasteiger partial charge in [0, 0.05) is 17.7 Å². The monoisotopic (exact) mass is 462 g/mol. The Morgan fingerprint density at radius 1 is 0.735 bits per heavy atom. The molecule has 4 aliphatic heterocycles. The van der Waals surface area contributed by atoms with Crippen LogP contribution < -0.4 is 0 Å². The minimum Gasteiger partial charge on any atom is -0.357 e. The lowest BCUT2D eigenvalue weighted by Gasteiger charge is -2.48. The van der Waals surface area contributed by atoms with Crippen LogP contribution in [-0.4, -0.2) is 57.4 Å². The third-order valence-electron chi connectivity index (χ3n) is 8.22. The van der Waals surface area contributed by atoms with Gasteiger partial charge in [-0.25, -0.2) is 0 Å². The second-order valence-electron chi connectivity index (χ2n) is 10.3. The van der Waals surface area contributed by atoms with Crippen LogP contribution in [-0.2, 0) is 0 Å². The lowest BCUT2D eigenvalue weighted by atomic mass is 9.79. The Morgan fingerprint density at radius 2 is 1.35 bits per heavy atom. The van der Waals surface area contributed by atoms with Crippen molar-refractivity contribution >= 4 is 6.08 Å². The van der Waals surface area contributed by atoms with Gasteiger partial charge in [0.25, 0.3) is 0 Å². The molecular formula is C28H38N4O2. The molecule has 4 aliphatic rings. The quantitative estimate of drug-likeness (QED) is 0.547. The van der Waals surface area contributed by atoms with Gasteiger partial charge in [-0.2, -0.15) is 0 Å². The molecular weight excluding hydrogens is 424 g/mol. The number of hydrogen-bond donors (Lipinski definition) is 0. The molecule has 0 saturated carbocycles. The summed E-state index contributed by atoms with van der Waals surface area (Å²) in [5, 5.41) is 7.44. The third kappa shape index (κ3) is 5.31. The minimum absolute atomic E-state index is 0.128. The highest BCUT2D eigenvalue weighted by Gasteiger charge is 2.39. The molecule has 4 fully saturated rings. The summed E-state index contributed by atoms with van der Waals surface area (Å²) in [4.78, 5) is 5.26. The summed E-state index contributed by atoms with van der Waals surface area (Å²) < 4.78 is 10.2. The topological polar surface area (TPSA) is 58.5 Å². The van der Waals surface area contributed by atoms with Crippen molar-refractivity contribution in [3.63, 3.8) is 0 Å². The molecule has 0 atom stereocenters. The summed E-state index contributed by atoms with van der Waals surface area (Å²) in [5.74, 6) is 8.21. The number of aromatic nitrogens is 2. The highest BCUT2D eigenvalue weighted by Crippen LogP contribution is 2.38. The SMILES string of the molecule is C(#CC12CCCCN1CCCC2)c1ccno1.C(=C/C12CCCCN1CCCC2)/c1ccno1. The van der Waals surface area contributed by atoms with Crippen molar-refractivity contribution in [1.29, 1.82) is 0 Å². The van der Waals surface area contributed by atoms with E-state index in [4.69, 9.17) is 9.05 Å². The Hall–Kier alpha value is -2.36. The predicted molar refractivity (Wildman–Crippen MR) is 133 cm³/mol. The van der Waals surface area contributed by atoms with Gasteiger partial charge in [0.1, 0.15) is 0 Å². The van der Waals surface area contributed by atoms with Crippen LogP contribution in [0.2, 0.25) is 0 Å². The van der Waals surface area contributed by atoms with Gasteiger partial charge in [0.2, 0.25) is 5.76 Å². The standard InChI is InChI=1S/C14H20N2O.C14H18N2O/c2*1-3-11-16-12-4-2-8-14(16,7-1)9-5-13-6-10-15-17-13/h5-6,9-10H,1-4,7-8,11-12H2;6,10H,1-4,7-8,11-12H2/b9-5-;. The van der Waals surface area contributed by atoms with Crippen molar-refractivity contribution in [1.82, 2.24) is 20.1 Å². The molecule has 6 rings (SSSR count). The molecule has 0 unspecified atom stereocenters. The van der Waals surface area contributed by atoms with Gasteiger partial charge < -0.3 is 9.05 Å². The molecule has 2 aromatic heterocycles. The van der Waals surface area contributed by atoms with E-state index in [1.165, 1.54) is 103 Å². The number of hydrogen-bond acceptors (Lipinski definition) is 6. The van der Waals surface area contributed by atoms with Crippen molar-refractivity contribution in [2.75, 3.05) is 26.2 Å². The van der Waals surface area contributed by atoms with E-state index >= 15 is 0 Å². The van der Waals surface area contributed by atoms with Crippen molar-refractivity contribution in [2.45, 2.75) is 88.1 Å². The van der Waals surface area contributed by atoms with Crippen LogP contribution in [0.15, 0.2) is 39.6 Å². The first kappa shape index (κ1) is 23.4. The summed E-state index contributed by atoms with van der Waals surface area (Å²) in [6.45, 7) is 4.96. The van der Waals surface area contributed by atoms with E-state index in [0.29, 0.717) is 11.3 Å². The van der Waals surface area contributed by atoms with Crippen molar-refractivity contribution in [3.05, 3.63) is 42.1 Å². The average molecular weight is 463 g/mol. The van der Waals surface area contributed by atoms with Crippen LogP contribution in [0.1, 0.15) is 88.6 Å². The highest BCUT2D eigenvalue weighted by atomic mass is 16.5.